The van der Waals surface area contributed by atoms with E-state index in [0.717, 1.165) is 31.5 Å². The minimum atomic E-state index is -0.375. The Hall–Kier alpha value is -3.50. The van der Waals surface area contributed by atoms with Crippen molar-refractivity contribution in [1.29, 1.82) is 0 Å². The van der Waals surface area contributed by atoms with E-state index in [-0.39, 0.29) is 36.4 Å². The molecule has 2 fully saturated rings. The Kier molecular flexibility index (Phi) is 7.62. The number of amides is 3. The summed E-state index contributed by atoms with van der Waals surface area (Å²) in [5.74, 6) is -0.817. The lowest BCUT2D eigenvalue weighted by atomic mass is 10.00. The van der Waals surface area contributed by atoms with Gasteiger partial charge in [0.2, 0.25) is 0 Å². The molecule has 2 saturated heterocycles. The molecule has 2 aromatic carbocycles. The molecule has 5 rings (SSSR count). The standard InChI is InChI=1S/C28H30BrN5O4/c1-18-19(2)27(36)34(26(18)35)31-25-14-21(23-9-8-22(29)15-24(23)30-25)16-32-10-12-33(13-11-32)28(37)38-17-20-6-4-3-5-7-20/h3-9,14-15,18-19H,10-13,16-17H2,1-2H3,(H,30,31). The van der Waals surface area contributed by atoms with Crippen LogP contribution in [0.1, 0.15) is 25.0 Å². The fourth-order valence-corrected chi connectivity index (χ4v) is 5.12. The Morgan fingerprint density at radius 2 is 1.68 bits per heavy atom. The van der Waals surface area contributed by atoms with Crippen LogP contribution in [0.5, 0.6) is 0 Å². The number of imide groups is 1. The molecule has 3 amide bonds. The Labute approximate surface area is 229 Å². The van der Waals surface area contributed by atoms with Gasteiger partial charge >= 0.3 is 6.09 Å². The number of pyridine rings is 1. The Bertz CT molecular complexity index is 1340. The highest BCUT2D eigenvalue weighted by molar-refractivity contribution is 9.10. The molecular weight excluding hydrogens is 550 g/mol. The van der Waals surface area contributed by atoms with E-state index < -0.39 is 0 Å². The number of ether oxygens (including phenoxy) is 1. The molecule has 2 aliphatic rings. The maximum atomic E-state index is 12.6. The van der Waals surface area contributed by atoms with Crippen molar-refractivity contribution in [3.63, 3.8) is 0 Å². The van der Waals surface area contributed by atoms with Gasteiger partial charge in [-0.3, -0.25) is 19.9 Å². The number of nitrogens with zero attached hydrogens (tertiary/aromatic N) is 4. The summed E-state index contributed by atoms with van der Waals surface area (Å²) in [6.45, 7) is 6.95. The third-order valence-corrected chi connectivity index (χ3v) is 7.78. The summed E-state index contributed by atoms with van der Waals surface area (Å²) < 4.78 is 6.38. The number of nitrogens with one attached hydrogen (secondary N) is 1. The maximum Gasteiger partial charge on any atom is 0.410 e. The van der Waals surface area contributed by atoms with Gasteiger partial charge in [-0.1, -0.05) is 66.2 Å². The van der Waals surface area contributed by atoms with Gasteiger partial charge in [-0.15, -0.1) is 0 Å². The van der Waals surface area contributed by atoms with E-state index in [2.05, 4.69) is 31.2 Å². The summed E-state index contributed by atoms with van der Waals surface area (Å²) in [5.41, 5.74) is 5.69. The second kappa shape index (κ2) is 11.1. The average molecular weight is 580 g/mol. The van der Waals surface area contributed by atoms with Crippen molar-refractivity contribution in [2.75, 3.05) is 31.6 Å². The molecule has 0 bridgehead atoms. The zero-order chi connectivity index (χ0) is 26.8. The third-order valence-electron chi connectivity index (χ3n) is 7.28. The number of rotatable bonds is 6. The molecule has 10 heteroatoms. The van der Waals surface area contributed by atoms with Crippen LogP contribution in [0.25, 0.3) is 10.9 Å². The van der Waals surface area contributed by atoms with Gasteiger partial charge in [0.25, 0.3) is 11.8 Å². The summed E-state index contributed by atoms with van der Waals surface area (Å²) in [5, 5.41) is 2.08. The first kappa shape index (κ1) is 26.1. The van der Waals surface area contributed by atoms with E-state index >= 15 is 0 Å². The molecule has 1 aromatic heterocycles. The van der Waals surface area contributed by atoms with Gasteiger partial charge in [0.15, 0.2) is 0 Å². The highest BCUT2D eigenvalue weighted by atomic mass is 79.9. The largest absolute Gasteiger partial charge is 0.445 e. The highest BCUT2D eigenvalue weighted by Gasteiger charge is 2.43. The van der Waals surface area contributed by atoms with Crippen LogP contribution < -0.4 is 5.43 Å². The predicted molar refractivity (Wildman–Crippen MR) is 147 cm³/mol. The lowest BCUT2D eigenvalue weighted by Gasteiger charge is -2.34. The number of carbonyl (C=O) groups is 3. The highest BCUT2D eigenvalue weighted by Crippen LogP contribution is 2.29. The van der Waals surface area contributed by atoms with Gasteiger partial charge in [0, 0.05) is 54.4 Å². The van der Waals surface area contributed by atoms with Crippen LogP contribution >= 0.6 is 15.9 Å². The second-order valence-electron chi connectivity index (χ2n) is 9.83. The second-order valence-corrected chi connectivity index (χ2v) is 10.7. The molecular formula is C28H30BrN5O4. The number of hydrogen-bond acceptors (Lipinski definition) is 7. The number of hydrogen-bond donors (Lipinski definition) is 1. The van der Waals surface area contributed by atoms with E-state index in [0.29, 0.717) is 38.5 Å². The van der Waals surface area contributed by atoms with Crippen LogP contribution in [0.15, 0.2) is 59.1 Å². The zero-order valence-corrected chi connectivity index (χ0v) is 23.0. The summed E-state index contributed by atoms with van der Waals surface area (Å²) in [4.78, 5) is 46.5. The Morgan fingerprint density at radius 1 is 1.00 bits per heavy atom. The van der Waals surface area contributed by atoms with Crippen molar-refractivity contribution in [2.45, 2.75) is 27.0 Å². The first-order valence-corrected chi connectivity index (χ1v) is 13.5. The minimum Gasteiger partial charge on any atom is -0.445 e. The number of benzene rings is 2. The first-order valence-electron chi connectivity index (χ1n) is 12.7. The number of anilines is 1. The monoisotopic (exact) mass is 579 g/mol. The molecule has 2 aliphatic heterocycles. The molecule has 1 N–H and O–H groups in total. The van der Waals surface area contributed by atoms with Crippen LogP contribution in [0.2, 0.25) is 0 Å². The van der Waals surface area contributed by atoms with E-state index in [4.69, 9.17) is 4.74 Å². The minimum absolute atomic E-state index is 0.254. The summed E-state index contributed by atoms with van der Waals surface area (Å²) in [7, 11) is 0. The molecule has 3 heterocycles. The number of aromatic nitrogens is 1. The van der Waals surface area contributed by atoms with Crippen molar-refractivity contribution in [3.8, 4) is 0 Å². The molecule has 0 radical (unpaired) electrons. The van der Waals surface area contributed by atoms with E-state index in [9.17, 15) is 14.4 Å². The van der Waals surface area contributed by atoms with Crippen LogP contribution in [0.4, 0.5) is 10.6 Å². The van der Waals surface area contributed by atoms with Gasteiger partial charge in [-0.25, -0.2) is 9.78 Å². The number of carbonyl (C=O) groups excluding carboxylic acids is 3. The number of hydrazine groups is 1. The zero-order valence-electron chi connectivity index (χ0n) is 21.4. The number of fused-ring (bicyclic) bond motifs is 1. The van der Waals surface area contributed by atoms with Gasteiger partial charge in [-0.05, 0) is 29.3 Å². The summed E-state index contributed by atoms with van der Waals surface area (Å²) in [6, 6.07) is 17.4. The molecule has 198 valence electrons. The van der Waals surface area contributed by atoms with Crippen LogP contribution in [-0.2, 0) is 27.5 Å². The van der Waals surface area contributed by atoms with E-state index in [1.807, 2.05) is 54.6 Å². The fraction of sp³-hybridized carbons (Fsp3) is 0.357. The van der Waals surface area contributed by atoms with Gasteiger partial charge in [-0.2, -0.15) is 5.01 Å². The van der Waals surface area contributed by atoms with Crippen LogP contribution in [0, 0.1) is 11.8 Å². The molecule has 0 saturated carbocycles. The maximum absolute atomic E-state index is 12.6. The van der Waals surface area contributed by atoms with Crippen molar-refractivity contribution >= 4 is 50.6 Å². The van der Waals surface area contributed by atoms with Crippen molar-refractivity contribution in [1.82, 2.24) is 19.8 Å². The van der Waals surface area contributed by atoms with E-state index in [1.165, 1.54) is 0 Å². The predicted octanol–water partition coefficient (Wildman–Crippen LogP) is 4.42. The molecule has 2 atom stereocenters. The van der Waals surface area contributed by atoms with Crippen LogP contribution in [-0.4, -0.2) is 63.9 Å². The molecule has 38 heavy (non-hydrogen) atoms. The summed E-state index contributed by atoms with van der Waals surface area (Å²) in [6.07, 6.45) is -0.303. The topological polar surface area (TPSA) is 95.1 Å². The molecule has 2 unspecified atom stereocenters. The lowest BCUT2D eigenvalue weighted by molar-refractivity contribution is -0.138. The smallest absolute Gasteiger partial charge is 0.410 e. The number of piperazine rings is 1. The normalized spacial score (nSPS) is 20.3. The Balaban J connectivity index is 1.27. The quantitative estimate of drug-likeness (QED) is 0.432. The van der Waals surface area contributed by atoms with Crippen LogP contribution in [0.3, 0.4) is 0 Å². The summed E-state index contributed by atoms with van der Waals surface area (Å²) >= 11 is 3.51. The molecule has 0 spiro atoms. The molecule has 0 aliphatic carbocycles. The third kappa shape index (κ3) is 5.51. The molecule has 9 nitrogen and oxygen atoms in total. The Morgan fingerprint density at radius 3 is 2.37 bits per heavy atom. The van der Waals surface area contributed by atoms with Crippen molar-refractivity contribution < 1.29 is 19.1 Å². The van der Waals surface area contributed by atoms with Crippen molar-refractivity contribution in [2.24, 2.45) is 11.8 Å². The van der Waals surface area contributed by atoms with E-state index in [1.54, 1.807) is 18.7 Å². The molecule has 3 aromatic rings. The number of halogens is 1. The SMILES string of the molecule is CC1C(=O)N(Nc2cc(CN3CCN(C(=O)OCc4ccccc4)CC3)c3ccc(Br)cc3n2)C(=O)C1C. The van der Waals surface area contributed by atoms with Gasteiger partial charge in [0.05, 0.1) is 5.52 Å². The van der Waals surface area contributed by atoms with Crippen molar-refractivity contribution in [3.05, 3.63) is 70.2 Å². The average Bonchev–Trinajstić information content (AvgIpc) is 3.10. The fourth-order valence-electron chi connectivity index (χ4n) is 4.77. The lowest BCUT2D eigenvalue weighted by Crippen LogP contribution is -2.48. The van der Waals surface area contributed by atoms with Gasteiger partial charge in [0.1, 0.15) is 12.4 Å². The first-order chi connectivity index (χ1) is 18.3. The van der Waals surface area contributed by atoms with Gasteiger partial charge < -0.3 is 9.64 Å².